The molecule has 1 aliphatic carbocycles. The maximum atomic E-state index is 5.25. The Bertz CT molecular complexity index is 3110. The summed E-state index contributed by atoms with van der Waals surface area (Å²) in [6.07, 6.45) is 0. The molecule has 2 heterocycles. The van der Waals surface area contributed by atoms with Crippen molar-refractivity contribution in [3.63, 3.8) is 0 Å². The van der Waals surface area contributed by atoms with Crippen molar-refractivity contribution in [1.29, 1.82) is 0 Å². The molecule has 10 aromatic rings. The molecular weight excluding hydrogens is 685 g/mol. The number of aromatic nitrogens is 2. The van der Waals surface area contributed by atoms with Gasteiger partial charge in [-0.1, -0.05) is 152 Å². The Labute approximate surface area is 324 Å². The Balaban J connectivity index is 1.06. The lowest BCUT2D eigenvalue weighted by Gasteiger charge is -2.28. The van der Waals surface area contributed by atoms with Crippen LogP contribution in [0.5, 0.6) is 0 Å². The monoisotopic (exact) mass is 718 g/mol. The first-order valence-corrected chi connectivity index (χ1v) is 19.6. The molecule has 0 aliphatic heterocycles. The zero-order chi connectivity index (χ0) is 36.5. The van der Waals surface area contributed by atoms with E-state index in [1.807, 2.05) is 17.4 Å². The number of hydrogen-bond donors (Lipinski definition) is 0. The molecule has 0 saturated heterocycles. The van der Waals surface area contributed by atoms with Gasteiger partial charge in [-0.05, 0) is 93.0 Å². The number of benzene rings is 8. The van der Waals surface area contributed by atoms with Crippen LogP contribution in [0.2, 0.25) is 0 Å². The summed E-state index contributed by atoms with van der Waals surface area (Å²) in [4.78, 5) is 10.5. The molecule has 2 nitrogen and oxygen atoms in total. The van der Waals surface area contributed by atoms with Crippen LogP contribution in [0.15, 0.2) is 188 Å². The first-order valence-electron chi connectivity index (χ1n) is 18.8. The topological polar surface area (TPSA) is 25.8 Å². The summed E-state index contributed by atoms with van der Waals surface area (Å²) in [6, 6.07) is 68.0. The number of thiophene rings is 1. The maximum Gasteiger partial charge on any atom is 0.160 e. The minimum atomic E-state index is -0.295. The van der Waals surface area contributed by atoms with Gasteiger partial charge in [-0.2, -0.15) is 0 Å². The summed E-state index contributed by atoms with van der Waals surface area (Å²) in [6.45, 7) is 2.36. The van der Waals surface area contributed by atoms with Crippen molar-refractivity contribution >= 4 is 42.3 Å². The van der Waals surface area contributed by atoms with Crippen LogP contribution in [0.25, 0.3) is 87.1 Å². The van der Waals surface area contributed by atoms with Crippen LogP contribution in [0.1, 0.15) is 23.6 Å². The van der Waals surface area contributed by atoms with Crippen molar-refractivity contribution in [1.82, 2.24) is 9.97 Å². The van der Waals surface area contributed by atoms with Gasteiger partial charge >= 0.3 is 0 Å². The average Bonchev–Trinajstić information content (AvgIpc) is 3.77. The van der Waals surface area contributed by atoms with E-state index in [4.69, 9.17) is 9.97 Å². The third-order valence-electron chi connectivity index (χ3n) is 11.6. The molecule has 1 atom stereocenters. The second-order valence-corrected chi connectivity index (χ2v) is 15.8. The molecule has 0 saturated carbocycles. The molecule has 0 radical (unpaired) electrons. The van der Waals surface area contributed by atoms with Crippen molar-refractivity contribution in [2.75, 3.05) is 0 Å². The van der Waals surface area contributed by atoms with Crippen LogP contribution >= 0.6 is 11.3 Å². The Hall–Kier alpha value is -6.68. The summed E-state index contributed by atoms with van der Waals surface area (Å²) in [5, 5.41) is 5.22. The van der Waals surface area contributed by atoms with E-state index in [1.54, 1.807) is 0 Å². The standard InChI is InChI=1S/C52H34N2S/c1-52(39-18-6-3-7-19-39)44-22-11-10-21-41(44)42-26-23-38(31-45(42)52)47-32-46(53-51(54-47)34-14-4-2-5-15-34)37-17-12-16-35(29-37)36-25-27-48-43(30-36)50-40-20-9-8-13-33(40)24-28-49(50)55-48/h2-32H,1H3. The zero-order valence-corrected chi connectivity index (χ0v) is 31.0. The molecule has 0 amide bonds. The number of hydrogen-bond acceptors (Lipinski definition) is 3. The molecule has 2 aromatic heterocycles. The lowest BCUT2D eigenvalue weighted by Crippen LogP contribution is -2.22. The van der Waals surface area contributed by atoms with Crippen molar-refractivity contribution in [3.05, 3.63) is 205 Å². The second kappa shape index (κ2) is 12.4. The van der Waals surface area contributed by atoms with Crippen molar-refractivity contribution in [3.8, 4) is 56.2 Å². The third kappa shape index (κ3) is 5.08. The van der Waals surface area contributed by atoms with Crippen molar-refractivity contribution in [2.24, 2.45) is 0 Å². The van der Waals surface area contributed by atoms with Crippen LogP contribution in [-0.2, 0) is 5.41 Å². The Morgan fingerprint density at radius 2 is 1.05 bits per heavy atom. The highest BCUT2D eigenvalue weighted by Gasteiger charge is 2.40. The van der Waals surface area contributed by atoms with Crippen LogP contribution in [0, 0.1) is 0 Å². The highest BCUT2D eigenvalue weighted by Crippen LogP contribution is 2.53. The highest BCUT2D eigenvalue weighted by molar-refractivity contribution is 7.26. The van der Waals surface area contributed by atoms with Gasteiger partial charge in [-0.15, -0.1) is 11.3 Å². The molecule has 0 spiro atoms. The van der Waals surface area contributed by atoms with Gasteiger partial charge in [0.1, 0.15) is 0 Å². The van der Waals surface area contributed by atoms with Crippen LogP contribution in [0.3, 0.4) is 0 Å². The lowest BCUT2D eigenvalue weighted by atomic mass is 9.74. The Morgan fingerprint density at radius 3 is 1.91 bits per heavy atom. The first kappa shape index (κ1) is 31.8. The van der Waals surface area contributed by atoms with Crippen LogP contribution < -0.4 is 0 Å². The number of fused-ring (bicyclic) bond motifs is 8. The van der Waals surface area contributed by atoms with Gasteiger partial charge in [0.2, 0.25) is 0 Å². The molecule has 3 heteroatoms. The van der Waals surface area contributed by atoms with Gasteiger partial charge in [-0.3, -0.25) is 0 Å². The first-order chi connectivity index (χ1) is 27.1. The summed E-state index contributed by atoms with van der Waals surface area (Å²) < 4.78 is 2.63. The van der Waals surface area contributed by atoms with E-state index < -0.39 is 0 Å². The SMILES string of the molecule is CC1(c2ccccc2)c2ccccc2-c2ccc(-c3cc(-c4cccc(-c5ccc6sc7ccc8ccccc8c7c6c5)c4)nc(-c4ccccc4)n3)cc21. The molecule has 11 rings (SSSR count). The lowest BCUT2D eigenvalue weighted by molar-refractivity contribution is 0.714. The zero-order valence-electron chi connectivity index (χ0n) is 30.2. The smallest absolute Gasteiger partial charge is 0.160 e. The molecule has 258 valence electrons. The van der Waals surface area contributed by atoms with Gasteiger partial charge < -0.3 is 0 Å². The molecule has 8 aromatic carbocycles. The predicted molar refractivity (Wildman–Crippen MR) is 232 cm³/mol. The van der Waals surface area contributed by atoms with Gasteiger partial charge in [0.15, 0.2) is 5.82 Å². The van der Waals surface area contributed by atoms with E-state index in [-0.39, 0.29) is 5.41 Å². The molecular formula is C52H34N2S. The number of rotatable bonds is 5. The maximum absolute atomic E-state index is 5.25. The molecule has 0 bridgehead atoms. The fourth-order valence-corrected chi connectivity index (χ4v) is 9.88. The molecule has 1 aliphatic rings. The quantitative estimate of drug-likeness (QED) is 0.177. The summed E-state index contributed by atoms with van der Waals surface area (Å²) in [7, 11) is 0. The van der Waals surface area contributed by atoms with Crippen molar-refractivity contribution in [2.45, 2.75) is 12.3 Å². The van der Waals surface area contributed by atoms with E-state index in [0.717, 1.165) is 33.6 Å². The molecule has 0 N–H and O–H groups in total. The van der Waals surface area contributed by atoms with Crippen LogP contribution in [-0.4, -0.2) is 9.97 Å². The Morgan fingerprint density at radius 1 is 0.418 bits per heavy atom. The highest BCUT2D eigenvalue weighted by atomic mass is 32.1. The van der Waals surface area contributed by atoms with E-state index >= 15 is 0 Å². The number of nitrogens with zero attached hydrogens (tertiary/aromatic N) is 2. The largest absolute Gasteiger partial charge is 0.228 e. The summed E-state index contributed by atoms with van der Waals surface area (Å²) in [5.74, 6) is 0.714. The fraction of sp³-hybridized carbons (Fsp3) is 0.0385. The van der Waals surface area contributed by atoms with Gasteiger partial charge in [0.05, 0.1) is 11.4 Å². The van der Waals surface area contributed by atoms with Crippen molar-refractivity contribution < 1.29 is 0 Å². The third-order valence-corrected chi connectivity index (χ3v) is 12.7. The average molecular weight is 719 g/mol. The molecule has 1 unspecified atom stereocenters. The van der Waals surface area contributed by atoms with E-state index in [0.29, 0.717) is 5.82 Å². The minimum absolute atomic E-state index is 0.295. The minimum Gasteiger partial charge on any atom is -0.228 e. The van der Waals surface area contributed by atoms with Gasteiger partial charge in [0, 0.05) is 42.3 Å². The van der Waals surface area contributed by atoms with E-state index in [2.05, 4.69) is 189 Å². The van der Waals surface area contributed by atoms with Crippen LogP contribution in [0.4, 0.5) is 0 Å². The Kier molecular flexibility index (Phi) is 7.20. The van der Waals surface area contributed by atoms with Gasteiger partial charge in [0.25, 0.3) is 0 Å². The predicted octanol–water partition coefficient (Wildman–Crippen LogP) is 14.0. The second-order valence-electron chi connectivity index (χ2n) is 14.7. The molecule has 0 fully saturated rings. The van der Waals surface area contributed by atoms with Gasteiger partial charge in [-0.25, -0.2) is 9.97 Å². The summed E-state index contributed by atoms with van der Waals surface area (Å²) >= 11 is 1.86. The fourth-order valence-electron chi connectivity index (χ4n) is 8.78. The molecule has 55 heavy (non-hydrogen) atoms. The summed E-state index contributed by atoms with van der Waals surface area (Å²) in [5.41, 5.74) is 13.5. The normalized spacial score (nSPS) is 14.7. The van der Waals surface area contributed by atoms with E-state index in [1.165, 1.54) is 64.3 Å². The van der Waals surface area contributed by atoms with E-state index in [9.17, 15) is 0 Å².